The SMILES string of the molecule is CC(C)(C)OC(=O)N[C@@H](c1ccccc1)[C@@](C)(C#N)S(=O)(=O)c1ccc(C(F)(F)F)cc1. The van der Waals surface area contributed by atoms with Gasteiger partial charge in [-0.1, -0.05) is 30.3 Å². The highest BCUT2D eigenvalue weighted by Gasteiger charge is 2.49. The van der Waals surface area contributed by atoms with Crippen LogP contribution in [0.1, 0.15) is 44.9 Å². The molecular weight excluding hydrogens is 445 g/mol. The van der Waals surface area contributed by atoms with Crippen LogP contribution in [0.4, 0.5) is 18.0 Å². The first-order valence-corrected chi connectivity index (χ1v) is 11.0. The molecule has 0 aliphatic carbocycles. The largest absolute Gasteiger partial charge is 0.444 e. The minimum Gasteiger partial charge on any atom is -0.444 e. The van der Waals surface area contributed by atoms with Crippen LogP contribution in [0.5, 0.6) is 0 Å². The van der Waals surface area contributed by atoms with Crippen molar-refractivity contribution in [2.75, 3.05) is 0 Å². The van der Waals surface area contributed by atoms with E-state index in [0.717, 1.165) is 19.1 Å². The van der Waals surface area contributed by atoms with Gasteiger partial charge in [0.05, 0.1) is 22.6 Å². The maximum absolute atomic E-state index is 13.4. The summed E-state index contributed by atoms with van der Waals surface area (Å²) in [6.07, 6.45) is -5.60. The molecule has 0 aliphatic rings. The molecule has 0 unspecified atom stereocenters. The Bertz CT molecular complexity index is 1100. The molecule has 2 rings (SSSR count). The average Bonchev–Trinajstić information content (AvgIpc) is 2.70. The van der Waals surface area contributed by atoms with Crippen molar-refractivity contribution in [3.05, 3.63) is 65.7 Å². The minimum atomic E-state index is -4.65. The Kier molecular flexibility index (Phi) is 6.95. The number of hydrogen-bond acceptors (Lipinski definition) is 5. The first-order valence-electron chi connectivity index (χ1n) is 9.49. The van der Waals surface area contributed by atoms with Crippen molar-refractivity contribution < 1.29 is 31.1 Å². The van der Waals surface area contributed by atoms with Gasteiger partial charge in [-0.2, -0.15) is 18.4 Å². The van der Waals surface area contributed by atoms with Crippen LogP contribution < -0.4 is 5.32 Å². The first-order chi connectivity index (χ1) is 14.6. The van der Waals surface area contributed by atoms with Crippen molar-refractivity contribution in [3.8, 4) is 6.07 Å². The van der Waals surface area contributed by atoms with E-state index in [1.807, 2.05) is 0 Å². The highest BCUT2D eigenvalue weighted by molar-refractivity contribution is 7.93. The number of hydrogen-bond donors (Lipinski definition) is 1. The predicted octanol–water partition coefficient (Wildman–Crippen LogP) is 5.03. The molecule has 32 heavy (non-hydrogen) atoms. The van der Waals surface area contributed by atoms with Crippen LogP contribution in [0.3, 0.4) is 0 Å². The predicted molar refractivity (Wildman–Crippen MR) is 111 cm³/mol. The van der Waals surface area contributed by atoms with Crippen molar-refractivity contribution in [2.45, 2.75) is 55.2 Å². The minimum absolute atomic E-state index is 0.304. The monoisotopic (exact) mass is 468 g/mol. The maximum Gasteiger partial charge on any atom is 0.416 e. The van der Waals surface area contributed by atoms with E-state index in [1.165, 1.54) is 12.1 Å². The van der Waals surface area contributed by atoms with E-state index in [4.69, 9.17) is 4.74 Å². The van der Waals surface area contributed by atoms with Crippen molar-refractivity contribution in [1.82, 2.24) is 5.32 Å². The molecule has 2 aromatic rings. The van der Waals surface area contributed by atoms with Crippen LogP contribution in [0.15, 0.2) is 59.5 Å². The molecule has 0 spiro atoms. The highest BCUT2D eigenvalue weighted by Crippen LogP contribution is 2.38. The summed E-state index contributed by atoms with van der Waals surface area (Å²) < 4.78 is 68.5. The Balaban J connectivity index is 2.58. The fraction of sp³-hybridized carbons (Fsp3) is 0.364. The van der Waals surface area contributed by atoms with E-state index < -0.39 is 49.0 Å². The van der Waals surface area contributed by atoms with Gasteiger partial charge in [0.2, 0.25) is 0 Å². The normalized spacial score (nSPS) is 15.2. The Hall–Kier alpha value is -3.06. The summed E-state index contributed by atoms with van der Waals surface area (Å²) in [5, 5.41) is 12.4. The lowest BCUT2D eigenvalue weighted by molar-refractivity contribution is -0.137. The van der Waals surface area contributed by atoms with Crippen LogP contribution in [0.25, 0.3) is 0 Å². The highest BCUT2D eigenvalue weighted by atomic mass is 32.2. The molecule has 0 saturated heterocycles. The van der Waals surface area contributed by atoms with Gasteiger partial charge in [0.15, 0.2) is 14.6 Å². The van der Waals surface area contributed by atoms with Gasteiger partial charge in [-0.05, 0) is 57.5 Å². The number of carbonyl (C=O) groups is 1. The third kappa shape index (κ3) is 5.40. The molecule has 0 saturated carbocycles. The molecule has 10 heteroatoms. The van der Waals surface area contributed by atoms with Gasteiger partial charge in [0, 0.05) is 0 Å². The number of nitrogens with zero attached hydrogens (tertiary/aromatic N) is 1. The smallest absolute Gasteiger partial charge is 0.416 e. The van der Waals surface area contributed by atoms with Crippen LogP contribution in [-0.2, 0) is 20.8 Å². The molecule has 1 N–H and O–H groups in total. The number of halogens is 3. The number of nitriles is 1. The average molecular weight is 468 g/mol. The van der Waals surface area contributed by atoms with E-state index in [9.17, 15) is 31.6 Å². The number of alkyl carbamates (subject to hydrolysis) is 1. The molecule has 172 valence electrons. The van der Waals surface area contributed by atoms with Crippen LogP contribution in [-0.4, -0.2) is 24.9 Å². The zero-order valence-electron chi connectivity index (χ0n) is 17.9. The van der Waals surface area contributed by atoms with Crippen LogP contribution in [0, 0.1) is 11.3 Å². The van der Waals surface area contributed by atoms with Gasteiger partial charge in [0.25, 0.3) is 0 Å². The summed E-state index contributed by atoms with van der Waals surface area (Å²) >= 11 is 0. The Morgan fingerprint density at radius 1 is 1.00 bits per heavy atom. The number of amides is 1. The lowest BCUT2D eigenvalue weighted by Crippen LogP contribution is -2.49. The van der Waals surface area contributed by atoms with Crippen molar-refractivity contribution >= 4 is 15.9 Å². The molecule has 0 heterocycles. The lowest BCUT2D eigenvalue weighted by atomic mass is 9.95. The number of nitrogens with one attached hydrogen (secondary N) is 1. The zero-order chi connectivity index (χ0) is 24.4. The second-order valence-corrected chi connectivity index (χ2v) is 10.6. The van der Waals surface area contributed by atoms with Crippen LogP contribution in [0.2, 0.25) is 0 Å². The first kappa shape index (κ1) is 25.2. The summed E-state index contributed by atoms with van der Waals surface area (Å²) in [5.41, 5.74) is -1.61. The standard InChI is InChI=1S/C22H23F3N2O4S/c1-20(2,3)31-19(28)27-18(15-8-6-5-7-9-15)21(4,14-26)32(29,30)17-12-10-16(11-13-17)22(23,24)25/h5-13,18H,1-4H3,(H,27,28)/t18-,21+/m0/s1. The molecule has 1 amide bonds. The molecule has 0 fully saturated rings. The maximum atomic E-state index is 13.4. The number of rotatable bonds is 5. The Morgan fingerprint density at radius 3 is 1.97 bits per heavy atom. The topological polar surface area (TPSA) is 96.3 Å². The summed E-state index contributed by atoms with van der Waals surface area (Å²) in [7, 11) is -4.55. The molecule has 0 bridgehead atoms. The molecule has 2 atom stereocenters. The van der Waals surface area contributed by atoms with Gasteiger partial charge in [-0.3, -0.25) is 0 Å². The van der Waals surface area contributed by atoms with Crippen molar-refractivity contribution in [2.24, 2.45) is 0 Å². The lowest BCUT2D eigenvalue weighted by Gasteiger charge is -2.33. The van der Waals surface area contributed by atoms with Gasteiger partial charge in [0.1, 0.15) is 5.60 Å². The van der Waals surface area contributed by atoms with Gasteiger partial charge in [-0.15, -0.1) is 0 Å². The molecule has 0 radical (unpaired) electrons. The number of ether oxygens (including phenoxy) is 1. The molecule has 0 aliphatic heterocycles. The Labute approximate surface area is 184 Å². The number of alkyl halides is 3. The molecule has 6 nitrogen and oxygen atoms in total. The third-order valence-electron chi connectivity index (χ3n) is 4.62. The van der Waals surface area contributed by atoms with Crippen LogP contribution >= 0.6 is 0 Å². The van der Waals surface area contributed by atoms with Crippen molar-refractivity contribution in [3.63, 3.8) is 0 Å². The second kappa shape index (κ2) is 8.82. The van der Waals surface area contributed by atoms with E-state index in [2.05, 4.69) is 5.32 Å². The van der Waals surface area contributed by atoms with Gasteiger partial charge >= 0.3 is 12.3 Å². The number of sulfone groups is 1. The molecular formula is C22H23F3N2O4S. The summed E-state index contributed by atoms with van der Waals surface area (Å²) in [4.78, 5) is 12.0. The van der Waals surface area contributed by atoms with E-state index >= 15 is 0 Å². The quantitative estimate of drug-likeness (QED) is 0.664. The number of carbonyl (C=O) groups excluding carboxylic acids is 1. The van der Waals surface area contributed by atoms with E-state index in [-0.39, 0.29) is 0 Å². The molecule has 2 aromatic carbocycles. The Morgan fingerprint density at radius 2 is 1.53 bits per heavy atom. The summed E-state index contributed by atoms with van der Waals surface area (Å²) in [6, 6.07) is 11.1. The van der Waals surface area contributed by atoms with E-state index in [1.54, 1.807) is 45.0 Å². The summed E-state index contributed by atoms with van der Waals surface area (Å²) in [6.45, 7) is 5.96. The fourth-order valence-corrected chi connectivity index (χ4v) is 4.57. The fourth-order valence-electron chi connectivity index (χ4n) is 2.96. The van der Waals surface area contributed by atoms with E-state index in [0.29, 0.717) is 17.7 Å². The third-order valence-corrected chi connectivity index (χ3v) is 6.95. The summed E-state index contributed by atoms with van der Waals surface area (Å²) in [5.74, 6) is 0. The second-order valence-electron chi connectivity index (χ2n) is 8.23. The van der Waals surface area contributed by atoms with Gasteiger partial charge < -0.3 is 10.1 Å². The number of benzene rings is 2. The zero-order valence-corrected chi connectivity index (χ0v) is 18.7. The van der Waals surface area contributed by atoms with Gasteiger partial charge in [-0.25, -0.2) is 13.2 Å². The van der Waals surface area contributed by atoms with Crippen molar-refractivity contribution in [1.29, 1.82) is 5.26 Å². The molecule has 0 aromatic heterocycles.